The van der Waals surface area contributed by atoms with Crippen molar-refractivity contribution in [3.05, 3.63) is 17.3 Å². The van der Waals surface area contributed by atoms with E-state index >= 15 is 0 Å². The van der Waals surface area contributed by atoms with E-state index in [9.17, 15) is 4.39 Å². The molecule has 88 valence electrons. The van der Waals surface area contributed by atoms with Crippen molar-refractivity contribution < 1.29 is 9.13 Å². The third kappa shape index (κ3) is 2.14. The maximum atomic E-state index is 13.5. The van der Waals surface area contributed by atoms with Crippen molar-refractivity contribution >= 4 is 5.82 Å². The second kappa shape index (κ2) is 4.74. The standard InChI is InChI=1S/C11H16FN3O/c1-7-9(12)11(13-2)15-10(14-7)8-3-5-16-6-4-8/h8H,3-6H2,1-2H3,(H,13,14,15). The Hall–Kier alpha value is -1.23. The van der Waals surface area contributed by atoms with Crippen LogP contribution in [0.4, 0.5) is 10.2 Å². The molecule has 1 aromatic rings. The average molecular weight is 225 g/mol. The number of nitrogens with one attached hydrogen (secondary N) is 1. The maximum Gasteiger partial charge on any atom is 0.186 e. The molecule has 2 rings (SSSR count). The highest BCUT2D eigenvalue weighted by molar-refractivity contribution is 5.37. The summed E-state index contributed by atoms with van der Waals surface area (Å²) in [7, 11) is 1.67. The average Bonchev–Trinajstić information content (AvgIpc) is 2.33. The number of hydrogen-bond donors (Lipinski definition) is 1. The van der Waals surface area contributed by atoms with Crippen LogP contribution in [0.25, 0.3) is 0 Å². The minimum Gasteiger partial charge on any atom is -0.381 e. The molecule has 0 saturated carbocycles. The summed E-state index contributed by atoms with van der Waals surface area (Å²) in [5.74, 6) is 0.944. The van der Waals surface area contributed by atoms with Crippen molar-refractivity contribution in [3.63, 3.8) is 0 Å². The molecule has 4 nitrogen and oxygen atoms in total. The van der Waals surface area contributed by atoms with Gasteiger partial charge in [0, 0.05) is 26.2 Å². The van der Waals surface area contributed by atoms with Crippen LogP contribution in [0.5, 0.6) is 0 Å². The first-order chi connectivity index (χ1) is 7.72. The van der Waals surface area contributed by atoms with E-state index in [1.165, 1.54) is 0 Å². The van der Waals surface area contributed by atoms with Gasteiger partial charge in [-0.2, -0.15) is 0 Å². The van der Waals surface area contributed by atoms with Crippen molar-refractivity contribution in [2.75, 3.05) is 25.6 Å². The Bertz CT molecular complexity index is 378. The summed E-state index contributed by atoms with van der Waals surface area (Å²) in [4.78, 5) is 8.45. The molecule has 0 aliphatic carbocycles. The van der Waals surface area contributed by atoms with Crippen molar-refractivity contribution in [2.45, 2.75) is 25.7 Å². The minimum atomic E-state index is -0.363. The molecule has 1 saturated heterocycles. The van der Waals surface area contributed by atoms with Gasteiger partial charge >= 0.3 is 0 Å². The second-order valence-electron chi connectivity index (χ2n) is 3.97. The fourth-order valence-electron chi connectivity index (χ4n) is 1.88. The molecule has 0 unspecified atom stereocenters. The Balaban J connectivity index is 2.29. The lowest BCUT2D eigenvalue weighted by Gasteiger charge is -2.21. The first-order valence-corrected chi connectivity index (χ1v) is 5.52. The zero-order valence-corrected chi connectivity index (χ0v) is 9.59. The molecule has 1 aromatic heterocycles. The van der Waals surface area contributed by atoms with Gasteiger partial charge in [0.05, 0.1) is 5.69 Å². The molecule has 1 aliphatic heterocycles. The van der Waals surface area contributed by atoms with Crippen molar-refractivity contribution in [1.29, 1.82) is 0 Å². The summed E-state index contributed by atoms with van der Waals surface area (Å²) in [6, 6.07) is 0. The van der Waals surface area contributed by atoms with Gasteiger partial charge in [-0.05, 0) is 19.8 Å². The summed E-state index contributed by atoms with van der Waals surface area (Å²) in [6.07, 6.45) is 1.82. The number of nitrogens with zero attached hydrogens (tertiary/aromatic N) is 2. The molecule has 1 N–H and O–H groups in total. The predicted octanol–water partition coefficient (Wildman–Crippen LogP) is 1.86. The van der Waals surface area contributed by atoms with Crippen molar-refractivity contribution in [2.24, 2.45) is 0 Å². The van der Waals surface area contributed by atoms with Crippen LogP contribution in [-0.4, -0.2) is 30.2 Å². The largest absolute Gasteiger partial charge is 0.381 e. The number of aromatic nitrogens is 2. The third-order valence-corrected chi connectivity index (χ3v) is 2.86. The van der Waals surface area contributed by atoms with E-state index in [1.54, 1.807) is 14.0 Å². The Kier molecular flexibility index (Phi) is 3.33. The number of rotatable bonds is 2. The molecule has 2 heterocycles. The molecule has 0 bridgehead atoms. The molecule has 0 atom stereocenters. The van der Waals surface area contributed by atoms with Gasteiger partial charge in [-0.3, -0.25) is 0 Å². The highest BCUT2D eigenvalue weighted by Gasteiger charge is 2.21. The van der Waals surface area contributed by atoms with Gasteiger partial charge < -0.3 is 10.1 Å². The monoisotopic (exact) mass is 225 g/mol. The lowest BCUT2D eigenvalue weighted by Crippen LogP contribution is -2.18. The summed E-state index contributed by atoms with van der Waals surface area (Å²) < 4.78 is 18.8. The molecule has 1 fully saturated rings. The first-order valence-electron chi connectivity index (χ1n) is 5.52. The van der Waals surface area contributed by atoms with Crippen molar-refractivity contribution in [3.8, 4) is 0 Å². The summed E-state index contributed by atoms with van der Waals surface area (Å²) in [5, 5.41) is 2.76. The smallest absolute Gasteiger partial charge is 0.186 e. The van der Waals surface area contributed by atoms with Crippen LogP contribution in [0.1, 0.15) is 30.3 Å². The maximum absolute atomic E-state index is 13.5. The number of aryl methyl sites for hydroxylation is 1. The number of ether oxygens (including phenoxy) is 1. The van der Waals surface area contributed by atoms with E-state index in [1.807, 2.05) is 0 Å². The van der Waals surface area contributed by atoms with Gasteiger partial charge in [0.1, 0.15) is 5.82 Å². The lowest BCUT2D eigenvalue weighted by atomic mass is 9.99. The Morgan fingerprint density at radius 3 is 2.62 bits per heavy atom. The highest BCUT2D eigenvalue weighted by atomic mass is 19.1. The van der Waals surface area contributed by atoms with Gasteiger partial charge in [-0.15, -0.1) is 0 Å². The molecule has 0 radical (unpaired) electrons. The lowest BCUT2D eigenvalue weighted by molar-refractivity contribution is 0.0835. The zero-order chi connectivity index (χ0) is 11.5. The van der Waals surface area contributed by atoms with E-state index in [-0.39, 0.29) is 11.6 Å². The zero-order valence-electron chi connectivity index (χ0n) is 9.59. The molecule has 0 aromatic carbocycles. The van der Waals surface area contributed by atoms with E-state index in [0.717, 1.165) is 31.9 Å². The summed E-state index contributed by atoms with van der Waals surface area (Å²) in [6.45, 7) is 3.14. The van der Waals surface area contributed by atoms with E-state index < -0.39 is 0 Å². The van der Waals surface area contributed by atoms with E-state index in [4.69, 9.17) is 4.74 Å². The molecule has 0 spiro atoms. The molecule has 5 heteroatoms. The summed E-state index contributed by atoms with van der Waals surface area (Å²) >= 11 is 0. The highest BCUT2D eigenvalue weighted by Crippen LogP contribution is 2.26. The van der Waals surface area contributed by atoms with Crippen LogP contribution >= 0.6 is 0 Å². The summed E-state index contributed by atoms with van der Waals surface area (Å²) in [5.41, 5.74) is 0.404. The van der Waals surface area contributed by atoms with Gasteiger partial charge in [0.2, 0.25) is 0 Å². The second-order valence-corrected chi connectivity index (χ2v) is 3.97. The Labute approximate surface area is 94.2 Å². The molecule has 0 amide bonds. The van der Waals surface area contributed by atoms with Gasteiger partial charge in [0.25, 0.3) is 0 Å². The molecule has 1 aliphatic rings. The van der Waals surface area contributed by atoms with Crippen molar-refractivity contribution in [1.82, 2.24) is 9.97 Å². The van der Waals surface area contributed by atoms with Gasteiger partial charge in [-0.25, -0.2) is 14.4 Å². The number of hydrogen-bond acceptors (Lipinski definition) is 4. The van der Waals surface area contributed by atoms with Crippen LogP contribution in [-0.2, 0) is 4.74 Å². The van der Waals surface area contributed by atoms with Crippen LogP contribution in [0.15, 0.2) is 0 Å². The Morgan fingerprint density at radius 2 is 2.00 bits per heavy atom. The van der Waals surface area contributed by atoms with E-state index in [2.05, 4.69) is 15.3 Å². The van der Waals surface area contributed by atoms with Gasteiger partial charge in [0.15, 0.2) is 11.6 Å². The SMILES string of the molecule is CNc1nc(C2CCOCC2)nc(C)c1F. The first kappa shape index (κ1) is 11.3. The fourth-order valence-corrected chi connectivity index (χ4v) is 1.88. The normalized spacial score (nSPS) is 17.4. The van der Waals surface area contributed by atoms with Gasteiger partial charge in [-0.1, -0.05) is 0 Å². The van der Waals surface area contributed by atoms with E-state index in [0.29, 0.717) is 11.6 Å². The molecular weight excluding hydrogens is 209 g/mol. The van der Waals surface area contributed by atoms with Crippen LogP contribution < -0.4 is 5.32 Å². The van der Waals surface area contributed by atoms with Crippen LogP contribution in [0.3, 0.4) is 0 Å². The minimum absolute atomic E-state index is 0.286. The fraction of sp³-hybridized carbons (Fsp3) is 0.636. The number of anilines is 1. The van der Waals surface area contributed by atoms with Crippen LogP contribution in [0.2, 0.25) is 0 Å². The topological polar surface area (TPSA) is 47.0 Å². The predicted molar refractivity (Wildman–Crippen MR) is 59.1 cm³/mol. The number of halogens is 1. The quantitative estimate of drug-likeness (QED) is 0.834. The van der Waals surface area contributed by atoms with Crippen LogP contribution in [0, 0.1) is 12.7 Å². The Morgan fingerprint density at radius 1 is 1.31 bits per heavy atom. The molecule has 16 heavy (non-hydrogen) atoms. The molecular formula is C11H16FN3O. The third-order valence-electron chi connectivity index (χ3n) is 2.86.